The zero-order valence-electron chi connectivity index (χ0n) is 24.5. The number of nitrogens with zero attached hydrogens (tertiary/aromatic N) is 3. The van der Waals surface area contributed by atoms with E-state index >= 15 is 0 Å². The second-order valence-corrected chi connectivity index (χ2v) is 15.7. The molecule has 1 unspecified atom stereocenters. The zero-order valence-corrected chi connectivity index (χ0v) is 27.0. The largest absolute Gasteiger partial charge is 0.421 e. The van der Waals surface area contributed by atoms with Crippen LogP contribution in [0, 0.1) is 5.92 Å². The van der Waals surface area contributed by atoms with E-state index in [0.29, 0.717) is 18.3 Å². The van der Waals surface area contributed by atoms with E-state index in [9.17, 15) is 35.1 Å². The van der Waals surface area contributed by atoms with Crippen LogP contribution in [0.5, 0.6) is 0 Å². The molecule has 0 aromatic heterocycles. The maximum atomic E-state index is 13.7. The molecule has 4 rings (SSSR count). The van der Waals surface area contributed by atoms with E-state index in [2.05, 4.69) is 12.6 Å². The fraction of sp³-hybridized carbons (Fsp3) is 0.400. The van der Waals surface area contributed by atoms with E-state index in [4.69, 9.17) is 0 Å². The summed E-state index contributed by atoms with van der Waals surface area (Å²) in [6, 6.07) is 19.2. The van der Waals surface area contributed by atoms with Gasteiger partial charge < -0.3 is 10.0 Å². The number of para-hydroxylation sites is 1. The van der Waals surface area contributed by atoms with Crippen molar-refractivity contribution >= 4 is 44.1 Å². The summed E-state index contributed by atoms with van der Waals surface area (Å²) in [7, 11) is -7.89. The lowest BCUT2D eigenvalue weighted by atomic mass is 9.95. The van der Waals surface area contributed by atoms with E-state index in [1.54, 1.807) is 67.3 Å². The lowest BCUT2D eigenvalue weighted by Crippen LogP contribution is -2.59. The smallest absolute Gasteiger partial charge is 0.376 e. The zero-order chi connectivity index (χ0) is 32.5. The van der Waals surface area contributed by atoms with E-state index in [-0.39, 0.29) is 53.2 Å². The van der Waals surface area contributed by atoms with Crippen molar-refractivity contribution in [3.63, 3.8) is 0 Å². The summed E-state index contributed by atoms with van der Waals surface area (Å²) in [5.74, 6) is -0.336. The Labute approximate surface area is 262 Å². The number of thiol groups is 1. The molecule has 8 nitrogen and oxygen atoms in total. The van der Waals surface area contributed by atoms with Crippen LogP contribution in [0.4, 0.5) is 24.5 Å². The lowest BCUT2D eigenvalue weighted by molar-refractivity contribution is -0.258. The minimum Gasteiger partial charge on any atom is -0.376 e. The summed E-state index contributed by atoms with van der Waals surface area (Å²) in [6.45, 7) is 4.17. The molecular weight excluding hydrogens is 636 g/mol. The van der Waals surface area contributed by atoms with Gasteiger partial charge in [0.25, 0.3) is 0 Å². The second kappa shape index (κ2) is 12.9. The Balaban J connectivity index is 1.76. The van der Waals surface area contributed by atoms with Crippen LogP contribution in [0.3, 0.4) is 0 Å². The number of halogens is 3. The van der Waals surface area contributed by atoms with E-state index < -0.39 is 37.9 Å². The van der Waals surface area contributed by atoms with Gasteiger partial charge in [0, 0.05) is 30.2 Å². The van der Waals surface area contributed by atoms with Crippen molar-refractivity contribution in [1.29, 1.82) is 0 Å². The third kappa shape index (κ3) is 7.20. The Hall–Kier alpha value is -2.78. The summed E-state index contributed by atoms with van der Waals surface area (Å²) in [5, 5.41) is 10.1. The monoisotopic (exact) mass is 671 g/mol. The van der Waals surface area contributed by atoms with E-state index in [1.807, 2.05) is 0 Å². The molecule has 1 aliphatic rings. The Morgan fingerprint density at radius 2 is 1.52 bits per heavy atom. The van der Waals surface area contributed by atoms with E-state index in [1.165, 1.54) is 38.9 Å². The number of rotatable bonds is 10. The van der Waals surface area contributed by atoms with Gasteiger partial charge in [-0.2, -0.15) is 17.5 Å². The van der Waals surface area contributed by atoms with Crippen LogP contribution in [0.2, 0.25) is 0 Å². The summed E-state index contributed by atoms with van der Waals surface area (Å²) in [6.07, 6.45) is -4.90. The van der Waals surface area contributed by atoms with Crippen LogP contribution in [0.15, 0.2) is 88.7 Å². The molecule has 0 radical (unpaired) electrons. The molecule has 3 aromatic carbocycles. The number of hydrogen-bond donors (Lipinski definition) is 2. The van der Waals surface area contributed by atoms with Crippen LogP contribution < -0.4 is 9.21 Å². The van der Waals surface area contributed by atoms with Crippen LogP contribution in [-0.4, -0.2) is 70.4 Å². The maximum absolute atomic E-state index is 13.7. The standard InChI is InChI=1S/C30H36F3N3O5S3/c1-22(2)21-43(38,39)36(25-9-5-4-6-10-25)20-26-19-34(44(40,41)28-12-8-7-11-27(28)42)17-18-35(26)24-15-13-23(14-16-24)29(3,37)30(31,32)33/h4-16,22,26,37,42H,17-21H2,1-3H3/t26-,29?/m1/s1. The molecule has 0 aliphatic carbocycles. The first-order valence-corrected chi connectivity index (χ1v) is 17.4. The van der Waals surface area contributed by atoms with Gasteiger partial charge in [-0.15, -0.1) is 12.6 Å². The maximum Gasteiger partial charge on any atom is 0.421 e. The lowest BCUT2D eigenvalue weighted by Gasteiger charge is -2.44. The van der Waals surface area contributed by atoms with E-state index in [0.717, 1.165) is 0 Å². The third-order valence-electron chi connectivity index (χ3n) is 7.54. The van der Waals surface area contributed by atoms with Gasteiger partial charge in [-0.1, -0.05) is 56.3 Å². The molecule has 0 saturated carbocycles. The van der Waals surface area contributed by atoms with Gasteiger partial charge >= 0.3 is 6.18 Å². The SMILES string of the molecule is CC(C)CS(=O)(=O)N(C[C@H]1CN(S(=O)(=O)c2ccccc2S)CCN1c1ccc(C(C)(O)C(F)(F)F)cc1)c1ccccc1. The van der Waals surface area contributed by atoms with Crippen LogP contribution in [-0.2, 0) is 25.6 Å². The number of hydrogen-bond acceptors (Lipinski definition) is 7. The number of sulfonamides is 2. The molecule has 1 saturated heterocycles. The number of anilines is 2. The van der Waals surface area contributed by atoms with Gasteiger partial charge in [0.05, 0.1) is 28.9 Å². The van der Waals surface area contributed by atoms with Crippen LogP contribution >= 0.6 is 12.6 Å². The first-order valence-electron chi connectivity index (χ1n) is 13.9. The number of aliphatic hydroxyl groups is 1. The molecule has 0 spiro atoms. The highest BCUT2D eigenvalue weighted by molar-refractivity contribution is 7.92. The van der Waals surface area contributed by atoms with Crippen LogP contribution in [0.25, 0.3) is 0 Å². The molecule has 0 amide bonds. The average Bonchev–Trinajstić information content (AvgIpc) is 2.95. The summed E-state index contributed by atoms with van der Waals surface area (Å²) < 4.78 is 97.8. The average molecular weight is 672 g/mol. The number of alkyl halides is 3. The predicted molar refractivity (Wildman–Crippen MR) is 168 cm³/mol. The highest BCUT2D eigenvalue weighted by Crippen LogP contribution is 2.39. The van der Waals surface area contributed by atoms with Gasteiger partial charge in [0.2, 0.25) is 20.0 Å². The second-order valence-electron chi connectivity index (χ2n) is 11.3. The third-order valence-corrected chi connectivity index (χ3v) is 12.1. The predicted octanol–water partition coefficient (Wildman–Crippen LogP) is 5.12. The van der Waals surface area contributed by atoms with Crippen LogP contribution in [0.1, 0.15) is 26.3 Å². The first-order chi connectivity index (χ1) is 20.4. The van der Waals surface area contributed by atoms with Crippen molar-refractivity contribution in [3.05, 3.63) is 84.4 Å². The summed E-state index contributed by atoms with van der Waals surface area (Å²) in [5.41, 5.74) is -2.57. The first kappa shape index (κ1) is 34.1. The Morgan fingerprint density at radius 1 is 0.932 bits per heavy atom. The van der Waals surface area contributed by atoms with Gasteiger partial charge in [-0.25, -0.2) is 16.8 Å². The normalized spacial score (nSPS) is 18.3. The highest BCUT2D eigenvalue weighted by atomic mass is 32.2. The van der Waals surface area contributed by atoms with Gasteiger partial charge in [-0.3, -0.25) is 4.31 Å². The van der Waals surface area contributed by atoms with Gasteiger partial charge in [0.15, 0.2) is 5.60 Å². The molecule has 1 aliphatic heterocycles. The molecule has 1 N–H and O–H groups in total. The Morgan fingerprint density at radius 3 is 2.09 bits per heavy atom. The van der Waals surface area contributed by atoms with Crippen molar-refractivity contribution in [2.24, 2.45) is 5.92 Å². The van der Waals surface area contributed by atoms with Gasteiger partial charge in [-0.05, 0) is 54.8 Å². The Bertz CT molecular complexity index is 1650. The number of benzene rings is 3. The highest BCUT2D eigenvalue weighted by Gasteiger charge is 2.51. The molecule has 240 valence electrons. The minimum atomic E-state index is -4.90. The minimum absolute atomic E-state index is 0.0154. The van der Waals surface area contributed by atoms with Crippen molar-refractivity contribution in [1.82, 2.24) is 4.31 Å². The molecule has 44 heavy (non-hydrogen) atoms. The van der Waals surface area contributed by atoms with Crippen molar-refractivity contribution < 1.29 is 35.1 Å². The Kier molecular flexibility index (Phi) is 10.0. The molecule has 14 heteroatoms. The van der Waals surface area contributed by atoms with Crippen molar-refractivity contribution in [2.45, 2.75) is 48.4 Å². The molecule has 1 heterocycles. The molecular formula is C30H36F3N3O5S3. The topological polar surface area (TPSA) is 98.2 Å². The molecule has 1 fully saturated rings. The van der Waals surface area contributed by atoms with Crippen molar-refractivity contribution in [2.75, 3.05) is 41.1 Å². The van der Waals surface area contributed by atoms with Crippen molar-refractivity contribution in [3.8, 4) is 0 Å². The van der Waals surface area contributed by atoms with Gasteiger partial charge in [0.1, 0.15) is 0 Å². The molecule has 0 bridgehead atoms. The summed E-state index contributed by atoms with van der Waals surface area (Å²) in [4.78, 5) is 2.08. The number of piperazine rings is 1. The summed E-state index contributed by atoms with van der Waals surface area (Å²) >= 11 is 4.33. The molecule has 3 aromatic rings. The fourth-order valence-corrected chi connectivity index (χ4v) is 9.10. The quantitative estimate of drug-likeness (QED) is 0.291. The molecule has 2 atom stereocenters. The fourth-order valence-electron chi connectivity index (χ4n) is 5.17.